The van der Waals surface area contributed by atoms with Gasteiger partial charge in [-0.05, 0) is 65.8 Å². The summed E-state index contributed by atoms with van der Waals surface area (Å²) < 4.78 is 29.3. The summed E-state index contributed by atoms with van der Waals surface area (Å²) in [7, 11) is -4.01. The Labute approximate surface area is 216 Å². The number of rotatable bonds is 8. The number of sulfonamides is 1. The quantitative estimate of drug-likeness (QED) is 0.265. The third-order valence-corrected chi connectivity index (χ3v) is 8.06. The van der Waals surface area contributed by atoms with Gasteiger partial charge in [0.2, 0.25) is 15.9 Å². The molecule has 1 fully saturated rings. The van der Waals surface area contributed by atoms with E-state index in [4.69, 9.17) is 16.4 Å². The van der Waals surface area contributed by atoms with Crippen molar-refractivity contribution in [2.45, 2.75) is 30.2 Å². The van der Waals surface area contributed by atoms with Crippen LogP contribution >= 0.6 is 0 Å². The fourth-order valence-corrected chi connectivity index (χ4v) is 5.78. The maximum Gasteiger partial charge on any atom is 0.241 e. The summed E-state index contributed by atoms with van der Waals surface area (Å²) >= 11 is 0. The second kappa shape index (κ2) is 11.4. The number of guanidine groups is 1. The van der Waals surface area contributed by atoms with Gasteiger partial charge in [-0.15, -0.1) is 0 Å². The molecule has 0 saturated carbocycles. The third-order valence-electron chi connectivity index (χ3n) is 6.59. The Morgan fingerprint density at radius 1 is 1.14 bits per heavy atom. The van der Waals surface area contributed by atoms with Gasteiger partial charge in [0, 0.05) is 19.6 Å². The molecule has 1 saturated heterocycles. The summed E-state index contributed by atoms with van der Waals surface area (Å²) in [4.78, 5) is 15.1. The highest BCUT2D eigenvalue weighted by molar-refractivity contribution is 7.89. The van der Waals surface area contributed by atoms with Crippen molar-refractivity contribution in [2.75, 3.05) is 19.6 Å². The number of nitrogens with one attached hydrogen (secondary N) is 3. The van der Waals surface area contributed by atoms with Gasteiger partial charge in [-0.2, -0.15) is 9.98 Å². The lowest BCUT2D eigenvalue weighted by molar-refractivity contribution is -0.122. The first-order chi connectivity index (χ1) is 17.7. The largest absolute Gasteiger partial charge is 0.370 e. The molecule has 9 nitrogen and oxygen atoms in total. The number of piperidine rings is 1. The van der Waals surface area contributed by atoms with Gasteiger partial charge in [0.1, 0.15) is 6.04 Å². The first-order valence-corrected chi connectivity index (χ1v) is 13.6. The maximum absolute atomic E-state index is 13.3. The summed E-state index contributed by atoms with van der Waals surface area (Å²) in [5.74, 6) is -0.319. The molecule has 5 N–H and O–H groups in total. The number of nitriles is 1. The number of nitrogens with two attached hydrogens (primary N) is 1. The predicted octanol–water partition coefficient (Wildman–Crippen LogP) is 2.32. The molecule has 37 heavy (non-hydrogen) atoms. The van der Waals surface area contributed by atoms with Gasteiger partial charge >= 0.3 is 0 Å². The first-order valence-electron chi connectivity index (χ1n) is 12.1. The molecule has 0 aliphatic carbocycles. The summed E-state index contributed by atoms with van der Waals surface area (Å²) in [6.45, 7) is 1.63. The Morgan fingerprint density at radius 2 is 1.86 bits per heavy atom. The van der Waals surface area contributed by atoms with Crippen molar-refractivity contribution in [1.29, 1.82) is 10.7 Å². The standard InChI is InChI=1S/C27H30N6O3S/c28-16-20-9-7-19(8-10-20)14-25(26(34)31-17-21-4-3-13-33(18-21)27(29)30)32-37(35,36)24-12-11-22-5-1-2-6-23(22)15-24/h1-2,5-12,15,21,25,32H,3-4,13-14,17-18H2,(H3,29,30)(H,31,34)/t21?,25-/m1/s1. The third kappa shape index (κ3) is 6.64. The molecule has 192 valence electrons. The Kier molecular flexibility index (Phi) is 8.06. The van der Waals surface area contributed by atoms with Gasteiger partial charge < -0.3 is 16.0 Å². The van der Waals surface area contributed by atoms with E-state index in [9.17, 15) is 13.2 Å². The van der Waals surface area contributed by atoms with Crippen LogP contribution in [-0.4, -0.2) is 50.9 Å². The zero-order chi connectivity index (χ0) is 26.4. The monoisotopic (exact) mass is 518 g/mol. The molecule has 3 aromatic rings. The number of carbonyl (C=O) groups excluding carboxylic acids is 1. The van der Waals surface area contributed by atoms with Crippen LogP contribution < -0.4 is 15.8 Å². The number of benzene rings is 3. The molecule has 3 aromatic carbocycles. The Hall–Kier alpha value is -3.94. The molecule has 2 atom stereocenters. The molecule has 0 bridgehead atoms. The molecule has 1 amide bonds. The number of likely N-dealkylation sites (tertiary alicyclic amines) is 1. The van der Waals surface area contributed by atoms with E-state index in [1.807, 2.05) is 24.3 Å². The van der Waals surface area contributed by atoms with Crippen LogP contribution in [0.1, 0.15) is 24.0 Å². The number of fused-ring (bicyclic) bond motifs is 1. The summed E-state index contributed by atoms with van der Waals surface area (Å²) in [5, 5.41) is 21.3. The number of hydrogen-bond acceptors (Lipinski definition) is 5. The molecular weight excluding hydrogens is 488 g/mol. The number of amides is 1. The molecule has 10 heteroatoms. The van der Waals surface area contributed by atoms with E-state index in [1.54, 1.807) is 41.3 Å². The normalized spacial score (nSPS) is 16.6. The summed E-state index contributed by atoms with van der Waals surface area (Å²) in [6.07, 6.45) is 1.87. The van der Waals surface area contributed by atoms with Crippen molar-refractivity contribution in [3.05, 3.63) is 77.9 Å². The van der Waals surface area contributed by atoms with Crippen molar-refractivity contribution < 1.29 is 13.2 Å². The van der Waals surface area contributed by atoms with Gasteiger partial charge in [0.05, 0.1) is 16.5 Å². The van der Waals surface area contributed by atoms with Crippen molar-refractivity contribution in [1.82, 2.24) is 14.9 Å². The average molecular weight is 519 g/mol. The van der Waals surface area contributed by atoms with Crippen LogP contribution in [0.5, 0.6) is 0 Å². The molecule has 4 rings (SSSR count). The fraction of sp³-hybridized carbons (Fsp3) is 0.296. The molecule has 0 aromatic heterocycles. The zero-order valence-corrected chi connectivity index (χ0v) is 21.2. The lowest BCUT2D eigenvalue weighted by Crippen LogP contribution is -2.51. The van der Waals surface area contributed by atoms with Crippen LogP contribution in [0.2, 0.25) is 0 Å². The van der Waals surface area contributed by atoms with Crippen molar-refractivity contribution in [3.8, 4) is 6.07 Å². The van der Waals surface area contributed by atoms with Crippen LogP contribution in [-0.2, 0) is 21.2 Å². The average Bonchev–Trinajstić information content (AvgIpc) is 2.91. The van der Waals surface area contributed by atoms with E-state index < -0.39 is 22.0 Å². The Balaban J connectivity index is 1.52. The maximum atomic E-state index is 13.3. The van der Waals surface area contributed by atoms with Crippen LogP contribution in [0, 0.1) is 22.7 Å². The second-order valence-electron chi connectivity index (χ2n) is 9.28. The van der Waals surface area contributed by atoms with Gasteiger partial charge in [-0.3, -0.25) is 10.2 Å². The highest BCUT2D eigenvalue weighted by atomic mass is 32.2. The van der Waals surface area contributed by atoms with Crippen LogP contribution in [0.4, 0.5) is 0 Å². The molecule has 0 spiro atoms. The van der Waals surface area contributed by atoms with E-state index in [2.05, 4.69) is 16.1 Å². The van der Waals surface area contributed by atoms with Crippen LogP contribution in [0.15, 0.2) is 71.6 Å². The fourth-order valence-electron chi connectivity index (χ4n) is 4.55. The highest BCUT2D eigenvalue weighted by Crippen LogP contribution is 2.20. The number of hydrogen-bond donors (Lipinski definition) is 4. The molecule has 1 unspecified atom stereocenters. The SMILES string of the molecule is N#Cc1ccc(C[C@@H](NS(=O)(=O)c2ccc3ccccc3c2)C(=O)NCC2CCCN(C(=N)N)C2)cc1. The summed E-state index contributed by atoms with van der Waals surface area (Å²) in [6, 6.07) is 20.0. The molecule has 1 aliphatic rings. The number of nitrogens with zero attached hydrogens (tertiary/aromatic N) is 2. The molecule has 0 radical (unpaired) electrons. The van der Waals surface area contributed by atoms with Crippen molar-refractivity contribution in [3.63, 3.8) is 0 Å². The number of carbonyl (C=O) groups is 1. The van der Waals surface area contributed by atoms with Crippen LogP contribution in [0.25, 0.3) is 10.8 Å². The van der Waals surface area contributed by atoms with Crippen molar-refractivity contribution >= 4 is 32.7 Å². The zero-order valence-electron chi connectivity index (χ0n) is 20.4. The first kappa shape index (κ1) is 26.1. The van der Waals surface area contributed by atoms with Gasteiger partial charge in [-0.1, -0.05) is 42.5 Å². The van der Waals surface area contributed by atoms with E-state index in [0.29, 0.717) is 25.2 Å². The topological polar surface area (TPSA) is 152 Å². The second-order valence-corrected chi connectivity index (χ2v) is 11.0. The smallest absolute Gasteiger partial charge is 0.241 e. The minimum Gasteiger partial charge on any atom is -0.370 e. The van der Waals surface area contributed by atoms with Crippen molar-refractivity contribution in [2.24, 2.45) is 11.7 Å². The Morgan fingerprint density at radius 3 is 2.57 bits per heavy atom. The van der Waals surface area contributed by atoms with Gasteiger partial charge in [0.15, 0.2) is 5.96 Å². The lowest BCUT2D eigenvalue weighted by atomic mass is 9.98. The van der Waals surface area contributed by atoms with Crippen LogP contribution in [0.3, 0.4) is 0 Å². The Bertz CT molecular complexity index is 1430. The molecular formula is C27H30N6O3S. The van der Waals surface area contributed by atoms with E-state index in [1.165, 1.54) is 6.07 Å². The summed E-state index contributed by atoms with van der Waals surface area (Å²) in [5.41, 5.74) is 6.83. The predicted molar refractivity (Wildman–Crippen MR) is 142 cm³/mol. The van der Waals surface area contributed by atoms with E-state index >= 15 is 0 Å². The minimum atomic E-state index is -4.01. The molecule has 1 aliphatic heterocycles. The molecule has 1 heterocycles. The van der Waals surface area contributed by atoms with Gasteiger partial charge in [0.25, 0.3) is 0 Å². The van der Waals surface area contributed by atoms with E-state index in [-0.39, 0.29) is 23.2 Å². The lowest BCUT2D eigenvalue weighted by Gasteiger charge is -2.33. The van der Waals surface area contributed by atoms with Gasteiger partial charge in [-0.25, -0.2) is 8.42 Å². The highest BCUT2D eigenvalue weighted by Gasteiger charge is 2.28. The van der Waals surface area contributed by atoms with E-state index in [0.717, 1.165) is 29.2 Å². The minimum absolute atomic E-state index is 0.0119.